The van der Waals surface area contributed by atoms with Crippen molar-refractivity contribution in [2.24, 2.45) is 0 Å². The van der Waals surface area contributed by atoms with Crippen molar-refractivity contribution >= 4 is 29.2 Å². The van der Waals surface area contributed by atoms with Crippen LogP contribution in [0.15, 0.2) is 12.1 Å². The van der Waals surface area contributed by atoms with Gasteiger partial charge in [0, 0.05) is 17.6 Å². The molecule has 1 aromatic rings. The molecule has 5 nitrogen and oxygen atoms in total. The van der Waals surface area contributed by atoms with Gasteiger partial charge in [-0.3, -0.25) is 4.79 Å². The minimum absolute atomic E-state index is 0. The molecule has 0 aliphatic rings. The van der Waals surface area contributed by atoms with Gasteiger partial charge in [-0.25, -0.2) is 4.79 Å². The quantitative estimate of drug-likeness (QED) is 0.543. The third-order valence-electron chi connectivity index (χ3n) is 1.86. The normalized spacial score (nSPS) is 9.28. The Hall–Kier alpha value is -0.750. The van der Waals surface area contributed by atoms with Crippen LogP contribution in [0.4, 0.5) is 5.69 Å². The molecule has 18 heavy (non-hydrogen) atoms. The number of hydrogen-bond acceptors (Lipinski definition) is 4. The summed E-state index contributed by atoms with van der Waals surface area (Å²) in [5, 5.41) is 14.3. The molecule has 1 amide bonds. The first kappa shape index (κ1) is 17.2. The second kappa shape index (κ2) is 7.63. The molecule has 0 saturated heterocycles. The summed E-state index contributed by atoms with van der Waals surface area (Å²) in [5.41, 5.74) is -0.226. The number of amides is 1. The Balaban J connectivity index is 0.00000289. The van der Waals surface area contributed by atoms with Gasteiger partial charge >= 0.3 is 35.5 Å². The molecular formula is C11H11ClNNaO4. The number of esters is 1. The van der Waals surface area contributed by atoms with Crippen molar-refractivity contribution in [3.8, 4) is 5.75 Å². The molecule has 0 aliphatic carbocycles. The molecule has 92 valence electrons. The maximum atomic E-state index is 11.8. The second-order valence-corrected chi connectivity index (χ2v) is 3.67. The van der Waals surface area contributed by atoms with Crippen molar-refractivity contribution in [1.82, 2.24) is 0 Å². The van der Waals surface area contributed by atoms with Crippen LogP contribution in [0.3, 0.4) is 0 Å². The van der Waals surface area contributed by atoms with Gasteiger partial charge in [-0.05, 0) is 19.1 Å². The van der Waals surface area contributed by atoms with Gasteiger partial charge in [0.05, 0.1) is 12.2 Å². The van der Waals surface area contributed by atoms with Gasteiger partial charge in [-0.15, -0.1) is 0 Å². The van der Waals surface area contributed by atoms with Crippen molar-refractivity contribution in [3.05, 3.63) is 22.7 Å². The van der Waals surface area contributed by atoms with Crippen molar-refractivity contribution < 1.29 is 49.0 Å². The van der Waals surface area contributed by atoms with Crippen LogP contribution in [0.1, 0.15) is 24.2 Å². The number of carbonyl (C=O) groups excluding carboxylic acids is 2. The maximum absolute atomic E-state index is 11.8. The molecule has 0 bridgehead atoms. The molecule has 0 unspecified atom stereocenters. The van der Waals surface area contributed by atoms with Gasteiger partial charge in [-0.2, -0.15) is 0 Å². The zero-order valence-corrected chi connectivity index (χ0v) is 13.1. The number of nitrogens with one attached hydrogen (secondary N) is 1. The summed E-state index contributed by atoms with van der Waals surface area (Å²) >= 11 is 5.75. The molecule has 0 heterocycles. The fraction of sp³-hybridized carbons (Fsp3) is 0.273. The zero-order valence-electron chi connectivity index (χ0n) is 10.4. The standard InChI is InChI=1S/C11H12ClNO4.Na/c1-3-17-11(16)8-4-7(12)5-9(10(8)15)13-6(2)14;/h4-5,15H,3H2,1-2H3,(H,13,14);/q;+1/p-1. The fourth-order valence-corrected chi connectivity index (χ4v) is 1.45. The molecule has 7 heteroatoms. The summed E-state index contributed by atoms with van der Waals surface area (Å²) in [4.78, 5) is 22.3. The monoisotopic (exact) mass is 279 g/mol. The van der Waals surface area contributed by atoms with Crippen LogP contribution in [0.2, 0.25) is 5.02 Å². The van der Waals surface area contributed by atoms with Crippen LogP contribution in [0.25, 0.3) is 0 Å². The average molecular weight is 280 g/mol. The van der Waals surface area contributed by atoms with Crippen LogP contribution in [-0.4, -0.2) is 18.5 Å². The van der Waals surface area contributed by atoms with E-state index in [0.717, 1.165) is 0 Å². The Bertz CT molecular complexity index is 465. The zero-order chi connectivity index (χ0) is 13.0. The van der Waals surface area contributed by atoms with Gasteiger partial charge in [0.25, 0.3) is 0 Å². The molecule has 0 fully saturated rings. The van der Waals surface area contributed by atoms with Crippen molar-refractivity contribution in [2.45, 2.75) is 13.8 Å². The first-order chi connectivity index (χ1) is 7.95. The first-order valence-corrected chi connectivity index (χ1v) is 5.28. The van der Waals surface area contributed by atoms with E-state index >= 15 is 0 Å². The van der Waals surface area contributed by atoms with E-state index in [1.54, 1.807) is 6.92 Å². The number of hydrogen-bond donors (Lipinski definition) is 1. The largest absolute Gasteiger partial charge is 1.00 e. The summed E-state index contributed by atoms with van der Waals surface area (Å²) in [6.45, 7) is 3.03. The van der Waals surface area contributed by atoms with E-state index in [4.69, 9.17) is 16.3 Å². The number of halogens is 1. The summed E-state index contributed by atoms with van der Waals surface area (Å²) in [7, 11) is 0. The van der Waals surface area contributed by atoms with Crippen molar-refractivity contribution in [2.75, 3.05) is 11.9 Å². The Labute approximate surface area is 132 Å². The van der Waals surface area contributed by atoms with Gasteiger partial charge in [-0.1, -0.05) is 17.4 Å². The Morgan fingerprint density at radius 1 is 1.44 bits per heavy atom. The smallest absolute Gasteiger partial charge is 0.870 e. The minimum atomic E-state index is -0.758. The fourth-order valence-electron chi connectivity index (χ4n) is 1.24. The van der Waals surface area contributed by atoms with Crippen molar-refractivity contribution in [3.63, 3.8) is 0 Å². The van der Waals surface area contributed by atoms with Gasteiger partial charge in [0.1, 0.15) is 0 Å². The van der Waals surface area contributed by atoms with Gasteiger partial charge in [0.2, 0.25) is 5.91 Å². The van der Waals surface area contributed by atoms with E-state index < -0.39 is 17.6 Å². The van der Waals surface area contributed by atoms with E-state index in [2.05, 4.69) is 5.32 Å². The molecule has 0 spiro atoms. The molecule has 0 aromatic heterocycles. The predicted octanol–water partition coefficient (Wildman–Crippen LogP) is -1.45. The molecule has 1 N–H and O–H groups in total. The van der Waals surface area contributed by atoms with Crippen LogP contribution in [-0.2, 0) is 9.53 Å². The number of carbonyl (C=O) groups is 2. The second-order valence-electron chi connectivity index (χ2n) is 3.23. The first-order valence-electron chi connectivity index (χ1n) is 4.91. The van der Waals surface area contributed by atoms with Crippen LogP contribution >= 0.6 is 11.6 Å². The molecular weight excluding hydrogens is 269 g/mol. The Morgan fingerprint density at radius 2 is 2.06 bits per heavy atom. The van der Waals surface area contributed by atoms with Crippen LogP contribution in [0, 0.1) is 0 Å². The molecule has 0 atom stereocenters. The predicted molar refractivity (Wildman–Crippen MR) is 61.2 cm³/mol. The Kier molecular flexibility index (Phi) is 7.32. The summed E-state index contributed by atoms with van der Waals surface area (Å²) in [6, 6.07) is 2.50. The topological polar surface area (TPSA) is 78.5 Å². The number of rotatable bonds is 3. The minimum Gasteiger partial charge on any atom is -0.870 e. The SMILES string of the molecule is CCOC(=O)c1cc(Cl)cc(NC(C)=O)c1[O-].[Na+]. The number of benzene rings is 1. The average Bonchev–Trinajstić information content (AvgIpc) is 2.22. The van der Waals surface area contributed by atoms with E-state index in [-0.39, 0.29) is 52.4 Å². The van der Waals surface area contributed by atoms with Crippen molar-refractivity contribution in [1.29, 1.82) is 0 Å². The summed E-state index contributed by atoms with van der Waals surface area (Å²) in [5.74, 6) is -1.78. The number of ether oxygens (including phenoxy) is 1. The third-order valence-corrected chi connectivity index (χ3v) is 2.08. The van der Waals surface area contributed by atoms with Gasteiger partial charge < -0.3 is 15.2 Å². The maximum Gasteiger partial charge on any atom is 1.00 e. The summed E-state index contributed by atoms with van der Waals surface area (Å²) in [6.07, 6.45) is 0. The van der Waals surface area contributed by atoms with Crippen LogP contribution < -0.4 is 40.0 Å². The van der Waals surface area contributed by atoms with E-state index in [0.29, 0.717) is 0 Å². The molecule has 1 aromatic carbocycles. The third kappa shape index (κ3) is 4.49. The molecule has 0 aliphatic heterocycles. The van der Waals surface area contributed by atoms with E-state index in [9.17, 15) is 14.7 Å². The Morgan fingerprint density at radius 3 is 2.56 bits per heavy atom. The van der Waals surface area contributed by atoms with E-state index in [1.807, 2.05) is 0 Å². The number of anilines is 1. The molecule has 0 saturated carbocycles. The van der Waals surface area contributed by atoms with Crippen LogP contribution in [0.5, 0.6) is 5.75 Å². The summed E-state index contributed by atoms with van der Waals surface area (Å²) < 4.78 is 4.71. The van der Waals surface area contributed by atoms with E-state index in [1.165, 1.54) is 19.1 Å². The molecule has 1 rings (SSSR count). The molecule has 0 radical (unpaired) electrons. The van der Waals surface area contributed by atoms with Gasteiger partial charge in [0.15, 0.2) is 0 Å².